The third-order valence-electron chi connectivity index (χ3n) is 3.84. The molecule has 0 aliphatic carbocycles. The molecule has 0 saturated carbocycles. The number of aryl methyl sites for hydroxylation is 1. The normalized spacial score (nSPS) is 11.1. The van der Waals surface area contributed by atoms with Crippen molar-refractivity contribution in [2.75, 3.05) is 0 Å². The van der Waals surface area contributed by atoms with Crippen molar-refractivity contribution in [2.24, 2.45) is 4.99 Å². The van der Waals surface area contributed by atoms with Gasteiger partial charge in [-0.1, -0.05) is 64.6 Å². The number of aliphatic imine (C=N–C) groups is 1. The molecule has 0 aliphatic heterocycles. The topological polar surface area (TPSA) is 21.6 Å². The van der Waals surface area contributed by atoms with E-state index in [1.807, 2.05) is 31.2 Å². The first-order valence-corrected chi connectivity index (χ1v) is 9.60. The largest absolute Gasteiger partial charge is 0.486 e. The van der Waals surface area contributed by atoms with E-state index in [0.717, 1.165) is 22.4 Å². The summed E-state index contributed by atoms with van der Waals surface area (Å²) in [5, 5.41) is 2.14. The van der Waals surface area contributed by atoms with Gasteiger partial charge in [0.2, 0.25) is 0 Å². The second-order valence-corrected chi connectivity index (χ2v) is 7.61. The molecule has 3 aromatic rings. The van der Waals surface area contributed by atoms with Crippen molar-refractivity contribution in [1.82, 2.24) is 0 Å². The van der Waals surface area contributed by atoms with Crippen LogP contribution in [0.2, 0.25) is 20.1 Å². The molecule has 0 fully saturated rings. The number of hydrogen-bond acceptors (Lipinski definition) is 2. The molecule has 27 heavy (non-hydrogen) atoms. The van der Waals surface area contributed by atoms with Crippen LogP contribution in [0.3, 0.4) is 0 Å². The molecule has 0 aromatic heterocycles. The van der Waals surface area contributed by atoms with Crippen molar-refractivity contribution < 1.29 is 4.74 Å². The molecular formula is C21H15Cl4NO. The predicted molar refractivity (Wildman–Crippen MR) is 116 cm³/mol. The zero-order chi connectivity index (χ0) is 19.4. The van der Waals surface area contributed by atoms with Crippen molar-refractivity contribution in [2.45, 2.75) is 13.5 Å². The second kappa shape index (κ2) is 8.99. The van der Waals surface area contributed by atoms with Crippen LogP contribution in [0, 0.1) is 6.92 Å². The third-order valence-corrected chi connectivity index (χ3v) is 4.89. The Morgan fingerprint density at radius 1 is 0.852 bits per heavy atom. The lowest BCUT2D eigenvalue weighted by Gasteiger charge is -2.11. The van der Waals surface area contributed by atoms with Gasteiger partial charge in [0.05, 0.1) is 15.7 Å². The molecule has 6 heteroatoms. The van der Waals surface area contributed by atoms with E-state index in [9.17, 15) is 0 Å². The second-order valence-electron chi connectivity index (χ2n) is 5.92. The van der Waals surface area contributed by atoms with Crippen molar-refractivity contribution in [3.05, 3.63) is 91.4 Å². The number of ether oxygens (including phenoxy) is 1. The molecule has 138 valence electrons. The van der Waals surface area contributed by atoms with E-state index < -0.39 is 0 Å². The molecule has 3 rings (SSSR count). The molecule has 0 N–H and O–H groups in total. The molecule has 0 aliphatic rings. The van der Waals surface area contributed by atoms with Crippen LogP contribution in [-0.2, 0) is 6.61 Å². The van der Waals surface area contributed by atoms with E-state index in [1.165, 1.54) is 0 Å². The van der Waals surface area contributed by atoms with Gasteiger partial charge in [-0.25, -0.2) is 0 Å². The minimum absolute atomic E-state index is 0.339. The molecule has 2 nitrogen and oxygen atoms in total. The van der Waals surface area contributed by atoms with Gasteiger partial charge in [-0.05, 0) is 60.0 Å². The lowest BCUT2D eigenvalue weighted by atomic mass is 10.2. The summed E-state index contributed by atoms with van der Waals surface area (Å²) in [6.07, 6.45) is 1.69. The maximum absolute atomic E-state index is 6.35. The summed E-state index contributed by atoms with van der Waals surface area (Å²) < 4.78 is 5.78. The average molecular weight is 439 g/mol. The molecule has 0 amide bonds. The summed E-state index contributed by atoms with van der Waals surface area (Å²) in [5.74, 6) is 0.435. The van der Waals surface area contributed by atoms with Crippen LogP contribution in [-0.4, -0.2) is 6.21 Å². The lowest BCUT2D eigenvalue weighted by molar-refractivity contribution is 0.306. The molecular weight excluding hydrogens is 424 g/mol. The zero-order valence-corrected chi connectivity index (χ0v) is 17.4. The summed E-state index contributed by atoms with van der Waals surface area (Å²) in [4.78, 5) is 4.47. The van der Waals surface area contributed by atoms with Crippen molar-refractivity contribution in [3.8, 4) is 5.75 Å². The summed E-state index contributed by atoms with van der Waals surface area (Å²) in [7, 11) is 0. The lowest BCUT2D eigenvalue weighted by Crippen LogP contribution is -1.97. The first-order valence-electron chi connectivity index (χ1n) is 8.09. The van der Waals surface area contributed by atoms with Gasteiger partial charge in [0.1, 0.15) is 6.61 Å². The van der Waals surface area contributed by atoms with E-state index in [0.29, 0.717) is 32.4 Å². The molecule has 0 heterocycles. The van der Waals surface area contributed by atoms with E-state index in [4.69, 9.17) is 51.1 Å². The zero-order valence-electron chi connectivity index (χ0n) is 14.3. The number of rotatable bonds is 5. The molecule has 0 radical (unpaired) electrons. The van der Waals surface area contributed by atoms with Crippen LogP contribution in [0.25, 0.3) is 0 Å². The molecule has 0 atom stereocenters. The van der Waals surface area contributed by atoms with Crippen LogP contribution in [0.4, 0.5) is 5.69 Å². The number of benzene rings is 3. The quantitative estimate of drug-likeness (QED) is 0.370. The summed E-state index contributed by atoms with van der Waals surface area (Å²) >= 11 is 24.6. The number of hydrogen-bond donors (Lipinski definition) is 0. The number of halogens is 4. The van der Waals surface area contributed by atoms with Gasteiger partial charge in [0, 0.05) is 16.3 Å². The fourth-order valence-electron chi connectivity index (χ4n) is 2.39. The van der Waals surface area contributed by atoms with Crippen molar-refractivity contribution in [1.29, 1.82) is 0 Å². The molecule has 3 aromatic carbocycles. The Morgan fingerprint density at radius 2 is 1.48 bits per heavy atom. The maximum atomic E-state index is 6.35. The highest BCUT2D eigenvalue weighted by molar-refractivity contribution is 6.37. The summed E-state index contributed by atoms with van der Waals surface area (Å²) in [6, 6.07) is 16.5. The van der Waals surface area contributed by atoms with Gasteiger partial charge in [-0.3, -0.25) is 4.99 Å². The van der Waals surface area contributed by atoms with Crippen LogP contribution >= 0.6 is 46.4 Å². The summed E-state index contributed by atoms with van der Waals surface area (Å²) in [5.41, 5.74) is 3.55. The van der Waals surface area contributed by atoms with Crippen molar-refractivity contribution >= 4 is 58.3 Å². The first-order chi connectivity index (χ1) is 12.9. The highest BCUT2D eigenvalue weighted by Gasteiger charge is 2.10. The number of nitrogens with zero attached hydrogens (tertiary/aromatic N) is 1. The Morgan fingerprint density at radius 3 is 2.15 bits per heavy atom. The fourth-order valence-corrected chi connectivity index (χ4v) is 3.30. The molecule has 0 spiro atoms. The van der Waals surface area contributed by atoms with Gasteiger partial charge in [0.25, 0.3) is 0 Å². The van der Waals surface area contributed by atoms with Crippen LogP contribution < -0.4 is 4.74 Å². The SMILES string of the molecule is Cc1ccc(Cl)cc1N=Cc1cc(Cl)c(OCc2ccc(Cl)cc2)c(Cl)c1. The van der Waals surface area contributed by atoms with Crippen LogP contribution in [0.15, 0.2) is 59.6 Å². The molecule has 0 saturated heterocycles. The van der Waals surface area contributed by atoms with Gasteiger partial charge in [-0.2, -0.15) is 0 Å². The predicted octanol–water partition coefficient (Wildman–Crippen LogP) is 7.94. The van der Waals surface area contributed by atoms with E-state index in [-0.39, 0.29) is 0 Å². The molecule has 0 unspecified atom stereocenters. The summed E-state index contributed by atoms with van der Waals surface area (Å²) in [6.45, 7) is 2.31. The van der Waals surface area contributed by atoms with E-state index in [1.54, 1.807) is 36.5 Å². The smallest absolute Gasteiger partial charge is 0.157 e. The maximum Gasteiger partial charge on any atom is 0.157 e. The van der Waals surface area contributed by atoms with Crippen LogP contribution in [0.1, 0.15) is 16.7 Å². The Bertz CT molecular complexity index is 961. The Labute approximate surface area is 178 Å². The minimum Gasteiger partial charge on any atom is -0.486 e. The van der Waals surface area contributed by atoms with Gasteiger partial charge in [0.15, 0.2) is 5.75 Å². The third kappa shape index (κ3) is 5.40. The standard InChI is InChI=1S/C21H15Cl4NO/c1-13-2-5-17(23)10-20(13)26-11-15-8-18(24)21(19(25)9-15)27-12-14-3-6-16(22)7-4-14/h2-11H,12H2,1H3. The van der Waals surface area contributed by atoms with E-state index in [2.05, 4.69) is 4.99 Å². The van der Waals surface area contributed by atoms with E-state index >= 15 is 0 Å². The highest BCUT2D eigenvalue weighted by Crippen LogP contribution is 2.35. The monoisotopic (exact) mass is 437 g/mol. The minimum atomic E-state index is 0.339. The van der Waals surface area contributed by atoms with Crippen LogP contribution in [0.5, 0.6) is 5.75 Å². The van der Waals surface area contributed by atoms with Gasteiger partial charge in [-0.15, -0.1) is 0 Å². The first kappa shape index (κ1) is 20.0. The Kier molecular flexibility index (Phi) is 6.67. The molecule has 0 bridgehead atoms. The van der Waals surface area contributed by atoms with Gasteiger partial charge >= 0.3 is 0 Å². The Hall–Kier alpha value is -1.71. The average Bonchev–Trinajstić information content (AvgIpc) is 2.63. The van der Waals surface area contributed by atoms with Crippen molar-refractivity contribution in [3.63, 3.8) is 0 Å². The van der Waals surface area contributed by atoms with Gasteiger partial charge < -0.3 is 4.74 Å². The Balaban J connectivity index is 1.77. The highest BCUT2D eigenvalue weighted by atomic mass is 35.5. The fraction of sp³-hybridized carbons (Fsp3) is 0.0952.